The van der Waals surface area contributed by atoms with E-state index in [0.717, 1.165) is 0 Å². The second-order valence-corrected chi connectivity index (χ2v) is 19.6. The van der Waals surface area contributed by atoms with Gasteiger partial charge >= 0.3 is 0 Å². The van der Waals surface area contributed by atoms with Gasteiger partial charge in [-0.05, 0) is 198 Å². The lowest BCUT2D eigenvalue weighted by molar-refractivity contribution is 1.38. The van der Waals surface area contributed by atoms with Crippen molar-refractivity contribution in [2.75, 3.05) is 0 Å². The highest BCUT2D eigenvalue weighted by Crippen LogP contribution is 2.25. The van der Waals surface area contributed by atoms with Crippen molar-refractivity contribution >= 4 is 64.6 Å². The lowest BCUT2D eigenvalue weighted by Crippen LogP contribution is -1.82. The van der Waals surface area contributed by atoms with Gasteiger partial charge in [0.05, 0.1) is 0 Å². The molecule has 0 fully saturated rings. The van der Waals surface area contributed by atoms with Crippen molar-refractivity contribution in [1.29, 1.82) is 0 Å². The number of fused-ring (bicyclic) bond motifs is 6. The Kier molecular flexibility index (Phi) is 17.6. The zero-order chi connectivity index (χ0) is 51.3. The van der Waals surface area contributed by atoms with Crippen molar-refractivity contribution in [1.82, 2.24) is 0 Å². The fraction of sp³-hybridized carbons (Fsp3) is 0.167. The first-order chi connectivity index (χ1) is 34.7. The third kappa shape index (κ3) is 13.1. The smallest absolute Gasteiger partial charge is 0.0152 e. The monoisotopic (exact) mass is 937 g/mol. The Labute approximate surface area is 430 Å². The molecule has 12 rings (SSSR count). The normalized spacial score (nSPS) is 10.5. The van der Waals surface area contributed by atoms with Crippen LogP contribution < -0.4 is 0 Å². The van der Waals surface area contributed by atoms with Gasteiger partial charge in [-0.1, -0.05) is 235 Å². The van der Waals surface area contributed by atoms with Crippen LogP contribution in [0.4, 0.5) is 0 Å². The van der Waals surface area contributed by atoms with Gasteiger partial charge in [0.15, 0.2) is 0 Å². The summed E-state index contributed by atoms with van der Waals surface area (Å²) in [6.45, 7) is 25.8. The van der Waals surface area contributed by atoms with Crippen LogP contribution >= 0.6 is 0 Å². The predicted octanol–water partition coefficient (Wildman–Crippen LogP) is 20.7. The molecule has 12 aromatic rings. The van der Waals surface area contributed by atoms with Gasteiger partial charge in [0.2, 0.25) is 0 Å². The summed E-state index contributed by atoms with van der Waals surface area (Å²) in [5.74, 6) is 0. The summed E-state index contributed by atoms with van der Waals surface area (Å²) in [5, 5.41) is 16.3. The van der Waals surface area contributed by atoms with Crippen molar-refractivity contribution < 1.29 is 0 Å². The predicted molar refractivity (Wildman–Crippen MR) is 321 cm³/mol. The molecule has 0 radical (unpaired) electrons. The molecule has 0 spiro atoms. The molecular formula is C72H72. The number of benzene rings is 12. The average Bonchev–Trinajstić information content (AvgIpc) is 3.38. The molecule has 0 heteroatoms. The third-order valence-electron chi connectivity index (χ3n) is 13.9. The summed E-state index contributed by atoms with van der Waals surface area (Å²) in [6.07, 6.45) is 0. The van der Waals surface area contributed by atoms with E-state index in [9.17, 15) is 0 Å². The van der Waals surface area contributed by atoms with E-state index in [2.05, 4.69) is 301 Å². The summed E-state index contributed by atoms with van der Waals surface area (Å²) in [4.78, 5) is 0. The van der Waals surface area contributed by atoms with Crippen LogP contribution in [0.15, 0.2) is 218 Å². The SMILES string of the molecule is Cc1cc(C)c2ccccc2c1.Cc1ccc(C)c2ccccc12.Cc1ccc2c(C)cccc2c1.Cc1ccc2cccc(C)c2c1.Cc1ccc2ccccc2c1C.Cc1cccc2c(C)cccc12. The van der Waals surface area contributed by atoms with Crippen molar-refractivity contribution in [3.63, 3.8) is 0 Å². The van der Waals surface area contributed by atoms with Gasteiger partial charge in [-0.3, -0.25) is 0 Å². The summed E-state index contributed by atoms with van der Waals surface area (Å²) in [6, 6.07) is 77.6. The summed E-state index contributed by atoms with van der Waals surface area (Å²) >= 11 is 0. The molecule has 0 bridgehead atoms. The van der Waals surface area contributed by atoms with Gasteiger partial charge in [0.25, 0.3) is 0 Å². The maximum atomic E-state index is 2.24. The Balaban J connectivity index is 0.000000127. The van der Waals surface area contributed by atoms with E-state index in [1.807, 2.05) is 0 Å². The molecule has 0 nitrogen and oxygen atoms in total. The van der Waals surface area contributed by atoms with Gasteiger partial charge < -0.3 is 0 Å². The molecule has 0 N–H and O–H groups in total. The van der Waals surface area contributed by atoms with Crippen LogP contribution in [0.2, 0.25) is 0 Å². The molecule has 0 atom stereocenters. The molecule has 360 valence electrons. The average molecular weight is 937 g/mol. The minimum atomic E-state index is 1.33. The first-order valence-electron chi connectivity index (χ1n) is 25.4. The highest BCUT2D eigenvalue weighted by molar-refractivity contribution is 5.91. The first-order valence-corrected chi connectivity index (χ1v) is 25.4. The van der Waals surface area contributed by atoms with Crippen molar-refractivity contribution in [2.45, 2.75) is 83.1 Å². The molecule has 0 amide bonds. The largest absolute Gasteiger partial charge is 0.0616 e. The molecule has 0 aliphatic heterocycles. The minimum absolute atomic E-state index is 1.33. The second-order valence-electron chi connectivity index (χ2n) is 19.6. The van der Waals surface area contributed by atoms with Crippen LogP contribution in [-0.2, 0) is 0 Å². The molecule has 12 aromatic carbocycles. The molecule has 0 aliphatic carbocycles. The molecule has 0 saturated carbocycles. The Hall–Kier alpha value is -7.80. The number of hydrogen-bond donors (Lipinski definition) is 0. The summed E-state index contributed by atoms with van der Waals surface area (Å²) in [7, 11) is 0. The van der Waals surface area contributed by atoms with E-state index >= 15 is 0 Å². The minimum Gasteiger partial charge on any atom is -0.0616 e. The first kappa shape index (κ1) is 52.0. The number of hydrogen-bond acceptors (Lipinski definition) is 0. The van der Waals surface area contributed by atoms with Crippen LogP contribution in [0.3, 0.4) is 0 Å². The van der Waals surface area contributed by atoms with Crippen LogP contribution in [0.1, 0.15) is 66.8 Å². The lowest BCUT2D eigenvalue weighted by atomic mass is 10.0. The van der Waals surface area contributed by atoms with Crippen LogP contribution in [-0.4, -0.2) is 0 Å². The van der Waals surface area contributed by atoms with Gasteiger partial charge in [0.1, 0.15) is 0 Å². The Morgan fingerprint density at radius 1 is 0.167 bits per heavy atom. The van der Waals surface area contributed by atoms with E-state index < -0.39 is 0 Å². The quantitative estimate of drug-likeness (QED) is 0.142. The van der Waals surface area contributed by atoms with Gasteiger partial charge in [-0.25, -0.2) is 0 Å². The standard InChI is InChI=1S/6C12H12/c1-9-5-3-8-12-10(2)6-4-7-11(9)12;1-9-6-7-12-10(2)4-3-5-11(12)8-9;1-9-6-7-11-5-3-4-10(2)12(11)8-9;1-9-7-10(2)12-6-4-3-5-11(12)8-9;1-9-7-8-11-5-3-4-6-12(11)10(9)2;1-9-7-8-10(2)12-6-4-3-5-11(9)12/h6*3-8H,1-2H3. The van der Waals surface area contributed by atoms with Gasteiger partial charge in [-0.2, -0.15) is 0 Å². The highest BCUT2D eigenvalue weighted by atomic mass is 14.1. The van der Waals surface area contributed by atoms with E-state index in [1.54, 1.807) is 0 Å². The maximum absolute atomic E-state index is 2.24. The van der Waals surface area contributed by atoms with Crippen LogP contribution in [0.25, 0.3) is 64.6 Å². The molecule has 0 saturated heterocycles. The maximum Gasteiger partial charge on any atom is -0.0152 e. The Bertz CT molecular complexity index is 3590. The molecule has 0 aliphatic rings. The number of aryl methyl sites for hydroxylation is 12. The van der Waals surface area contributed by atoms with Gasteiger partial charge in [-0.15, -0.1) is 0 Å². The molecule has 0 heterocycles. The van der Waals surface area contributed by atoms with E-state index in [0.29, 0.717) is 0 Å². The molecule has 0 unspecified atom stereocenters. The molecule has 72 heavy (non-hydrogen) atoms. The molecular weight excluding hydrogens is 865 g/mol. The lowest BCUT2D eigenvalue weighted by Gasteiger charge is -2.04. The number of rotatable bonds is 0. The summed E-state index contributed by atoms with van der Waals surface area (Å²) in [5.41, 5.74) is 16.3. The fourth-order valence-electron chi connectivity index (χ4n) is 9.56. The second kappa shape index (κ2) is 24.4. The van der Waals surface area contributed by atoms with E-state index in [-0.39, 0.29) is 0 Å². The fourth-order valence-corrected chi connectivity index (χ4v) is 9.56. The van der Waals surface area contributed by atoms with Crippen molar-refractivity contribution in [3.05, 3.63) is 285 Å². The topological polar surface area (TPSA) is 0 Å². The van der Waals surface area contributed by atoms with Gasteiger partial charge in [0, 0.05) is 0 Å². The van der Waals surface area contributed by atoms with Crippen LogP contribution in [0.5, 0.6) is 0 Å². The van der Waals surface area contributed by atoms with Crippen LogP contribution in [0, 0.1) is 83.1 Å². The van der Waals surface area contributed by atoms with E-state index in [4.69, 9.17) is 0 Å². The van der Waals surface area contributed by atoms with Crippen molar-refractivity contribution in [3.8, 4) is 0 Å². The van der Waals surface area contributed by atoms with Crippen molar-refractivity contribution in [2.24, 2.45) is 0 Å². The van der Waals surface area contributed by atoms with E-state index in [1.165, 1.54) is 131 Å². The highest BCUT2D eigenvalue weighted by Gasteiger charge is 2.01. The Morgan fingerprint density at radius 3 is 1.08 bits per heavy atom. The Morgan fingerprint density at radius 2 is 0.500 bits per heavy atom. The zero-order valence-electron chi connectivity index (χ0n) is 44.8. The summed E-state index contributed by atoms with van der Waals surface area (Å²) < 4.78 is 0. The third-order valence-corrected chi connectivity index (χ3v) is 13.9. The molecule has 0 aromatic heterocycles. The zero-order valence-corrected chi connectivity index (χ0v) is 44.8.